The van der Waals surface area contributed by atoms with E-state index in [1.165, 1.54) is 0 Å². The van der Waals surface area contributed by atoms with E-state index in [0.29, 0.717) is 30.4 Å². The van der Waals surface area contributed by atoms with Crippen LogP contribution >= 0.6 is 0 Å². The molecule has 2 rings (SSSR count). The zero-order chi connectivity index (χ0) is 17.1. The van der Waals surface area contributed by atoms with E-state index in [9.17, 15) is 14.7 Å². The molecule has 0 radical (unpaired) electrons. The van der Waals surface area contributed by atoms with Crippen LogP contribution in [0.1, 0.15) is 33.3 Å². The van der Waals surface area contributed by atoms with Gasteiger partial charge in [0.2, 0.25) is 0 Å². The van der Waals surface area contributed by atoms with Gasteiger partial charge in [0.15, 0.2) is 5.76 Å². The van der Waals surface area contributed by atoms with E-state index in [2.05, 4.69) is 13.8 Å². The molecule has 0 saturated heterocycles. The van der Waals surface area contributed by atoms with Gasteiger partial charge in [-0.15, -0.1) is 0 Å². The number of carbonyl (C=O) groups excluding carboxylic acids is 2. The summed E-state index contributed by atoms with van der Waals surface area (Å²) in [5, 5.41) is 10.0. The molecule has 1 heterocycles. The van der Waals surface area contributed by atoms with Gasteiger partial charge >= 0.3 is 0 Å². The van der Waals surface area contributed by atoms with Crippen LogP contribution in [-0.4, -0.2) is 35.0 Å². The molecule has 0 fully saturated rings. The van der Waals surface area contributed by atoms with Crippen molar-refractivity contribution in [3.63, 3.8) is 0 Å². The predicted molar refractivity (Wildman–Crippen MR) is 87.9 cm³/mol. The van der Waals surface area contributed by atoms with Gasteiger partial charge in [0.1, 0.15) is 5.75 Å². The van der Waals surface area contributed by atoms with Crippen LogP contribution in [0.2, 0.25) is 0 Å². The lowest BCUT2D eigenvalue weighted by atomic mass is 10.1. The van der Waals surface area contributed by atoms with Crippen molar-refractivity contribution in [3.05, 3.63) is 35.6 Å². The summed E-state index contributed by atoms with van der Waals surface area (Å²) in [4.78, 5) is 25.6. The maximum absolute atomic E-state index is 12.4. The molecule has 0 aliphatic carbocycles. The van der Waals surface area contributed by atoms with Gasteiger partial charge in [0.05, 0.1) is 12.2 Å². The number of rotatable bonds is 6. The second-order valence-electron chi connectivity index (χ2n) is 6.57. The van der Waals surface area contributed by atoms with Crippen molar-refractivity contribution in [2.24, 2.45) is 11.8 Å². The van der Waals surface area contributed by atoms with Gasteiger partial charge in [-0.2, -0.15) is 0 Å². The molecule has 0 spiro atoms. The molecule has 0 atom stereocenters. The monoisotopic (exact) mass is 317 g/mol. The Morgan fingerprint density at radius 3 is 2.13 bits per heavy atom. The molecule has 1 aliphatic rings. The molecule has 23 heavy (non-hydrogen) atoms. The molecule has 1 aliphatic heterocycles. The average molecular weight is 317 g/mol. The first-order valence-electron chi connectivity index (χ1n) is 7.84. The number of amides is 2. The normalized spacial score (nSPS) is 15.3. The molecule has 2 amide bonds. The number of carbonyl (C=O) groups is 2. The van der Waals surface area contributed by atoms with E-state index >= 15 is 0 Å². The van der Waals surface area contributed by atoms with E-state index in [0.717, 1.165) is 4.90 Å². The van der Waals surface area contributed by atoms with Crippen LogP contribution in [0.4, 0.5) is 0 Å². The van der Waals surface area contributed by atoms with Crippen LogP contribution in [0.25, 0.3) is 5.57 Å². The lowest BCUT2D eigenvalue weighted by Gasteiger charge is -2.16. The van der Waals surface area contributed by atoms with Crippen molar-refractivity contribution in [2.45, 2.75) is 27.7 Å². The quantitative estimate of drug-likeness (QED) is 0.819. The molecule has 5 heteroatoms. The zero-order valence-electron chi connectivity index (χ0n) is 14.0. The highest BCUT2D eigenvalue weighted by Crippen LogP contribution is 2.29. The molecular formula is C18H23NO4. The maximum atomic E-state index is 12.4. The van der Waals surface area contributed by atoms with Crippen LogP contribution in [0, 0.1) is 11.8 Å². The standard InChI is InChI=1S/C18H23NO4/c1-11(2)9-19-17(21)15(16(20)18(19)22)13-5-7-14(8-6-13)23-10-12(3)4/h5-8,11-12,20H,9-10H2,1-4H3. The van der Waals surface area contributed by atoms with Crippen molar-refractivity contribution in [2.75, 3.05) is 13.2 Å². The van der Waals surface area contributed by atoms with E-state index in [1.54, 1.807) is 24.3 Å². The van der Waals surface area contributed by atoms with Gasteiger partial charge < -0.3 is 9.84 Å². The summed E-state index contributed by atoms with van der Waals surface area (Å²) in [7, 11) is 0. The molecule has 124 valence electrons. The summed E-state index contributed by atoms with van der Waals surface area (Å²) in [6, 6.07) is 6.85. The fourth-order valence-electron chi connectivity index (χ4n) is 2.34. The summed E-state index contributed by atoms with van der Waals surface area (Å²) >= 11 is 0. The number of aliphatic hydroxyl groups excluding tert-OH is 1. The Morgan fingerprint density at radius 2 is 1.61 bits per heavy atom. The average Bonchev–Trinajstić information content (AvgIpc) is 2.69. The summed E-state index contributed by atoms with van der Waals surface area (Å²) in [6.07, 6.45) is 0. The molecule has 0 bridgehead atoms. The Balaban J connectivity index is 2.20. The van der Waals surface area contributed by atoms with E-state index in [4.69, 9.17) is 4.74 Å². The van der Waals surface area contributed by atoms with Crippen LogP contribution in [-0.2, 0) is 9.59 Å². The SMILES string of the molecule is CC(C)COc1ccc(C2=C(O)C(=O)N(CC(C)C)C2=O)cc1. The number of hydrogen-bond acceptors (Lipinski definition) is 4. The molecule has 1 N–H and O–H groups in total. The largest absolute Gasteiger partial charge is 0.502 e. The molecule has 0 aromatic heterocycles. The minimum absolute atomic E-state index is 0.0612. The van der Waals surface area contributed by atoms with Crippen molar-refractivity contribution in [3.8, 4) is 5.75 Å². The lowest BCUT2D eigenvalue weighted by molar-refractivity contribution is -0.138. The van der Waals surface area contributed by atoms with E-state index in [1.807, 2.05) is 13.8 Å². The number of imide groups is 1. The second kappa shape index (κ2) is 6.86. The topological polar surface area (TPSA) is 66.8 Å². The number of benzene rings is 1. The van der Waals surface area contributed by atoms with E-state index in [-0.39, 0.29) is 11.5 Å². The van der Waals surface area contributed by atoms with Crippen molar-refractivity contribution in [1.82, 2.24) is 4.90 Å². The smallest absolute Gasteiger partial charge is 0.296 e. The highest BCUT2D eigenvalue weighted by molar-refractivity contribution is 6.34. The first-order valence-corrected chi connectivity index (χ1v) is 7.84. The Kier molecular flexibility index (Phi) is 5.08. The first-order chi connectivity index (χ1) is 10.8. The second-order valence-corrected chi connectivity index (χ2v) is 6.57. The molecule has 1 aromatic rings. The van der Waals surface area contributed by atoms with Crippen molar-refractivity contribution in [1.29, 1.82) is 0 Å². The lowest BCUT2D eigenvalue weighted by Crippen LogP contribution is -2.34. The minimum Gasteiger partial charge on any atom is -0.502 e. The molecule has 1 aromatic carbocycles. The van der Waals surface area contributed by atoms with Crippen molar-refractivity contribution < 1.29 is 19.4 Å². The minimum atomic E-state index is -0.626. The number of ether oxygens (including phenoxy) is 1. The Labute approximate surface area is 136 Å². The Bertz CT molecular complexity index is 629. The van der Waals surface area contributed by atoms with Crippen molar-refractivity contribution >= 4 is 17.4 Å². The molecule has 0 saturated carbocycles. The third kappa shape index (κ3) is 3.73. The Morgan fingerprint density at radius 1 is 1.00 bits per heavy atom. The van der Waals surface area contributed by atoms with E-state index < -0.39 is 17.6 Å². The van der Waals surface area contributed by atoms with Crippen LogP contribution in [0.3, 0.4) is 0 Å². The van der Waals surface area contributed by atoms with Gasteiger partial charge in [0, 0.05) is 6.54 Å². The van der Waals surface area contributed by atoms with Crippen LogP contribution in [0.15, 0.2) is 30.0 Å². The number of aliphatic hydroxyl groups is 1. The van der Waals surface area contributed by atoms with Crippen LogP contribution in [0.5, 0.6) is 5.75 Å². The predicted octanol–water partition coefficient (Wildman–Crippen LogP) is 3.02. The highest BCUT2D eigenvalue weighted by Gasteiger charge is 2.39. The van der Waals surface area contributed by atoms with Gasteiger partial charge in [-0.3, -0.25) is 14.5 Å². The van der Waals surface area contributed by atoms with Crippen LogP contribution < -0.4 is 4.74 Å². The molecular weight excluding hydrogens is 294 g/mol. The zero-order valence-corrected chi connectivity index (χ0v) is 14.0. The summed E-state index contributed by atoms with van der Waals surface area (Å²) < 4.78 is 5.59. The summed E-state index contributed by atoms with van der Waals surface area (Å²) in [6.45, 7) is 8.84. The fourth-order valence-corrected chi connectivity index (χ4v) is 2.34. The third-order valence-electron chi connectivity index (χ3n) is 3.42. The summed E-state index contributed by atoms with van der Waals surface area (Å²) in [5.74, 6) is -0.303. The fraction of sp³-hybridized carbons (Fsp3) is 0.444. The Hall–Kier alpha value is -2.30. The van der Waals surface area contributed by atoms with Gasteiger partial charge in [-0.1, -0.05) is 39.8 Å². The molecule has 0 unspecified atom stereocenters. The highest BCUT2D eigenvalue weighted by atomic mass is 16.5. The molecule has 5 nitrogen and oxygen atoms in total. The maximum Gasteiger partial charge on any atom is 0.296 e. The van der Waals surface area contributed by atoms with Gasteiger partial charge in [0.25, 0.3) is 11.8 Å². The van der Waals surface area contributed by atoms with Gasteiger partial charge in [-0.25, -0.2) is 0 Å². The van der Waals surface area contributed by atoms with Gasteiger partial charge in [-0.05, 0) is 29.5 Å². The number of hydrogen-bond donors (Lipinski definition) is 1. The number of nitrogens with zero attached hydrogens (tertiary/aromatic N) is 1. The summed E-state index contributed by atoms with van der Waals surface area (Å²) in [5.41, 5.74) is 0.579. The first kappa shape index (κ1) is 17.1. The third-order valence-corrected chi connectivity index (χ3v) is 3.42.